The van der Waals surface area contributed by atoms with Crippen molar-refractivity contribution in [2.75, 3.05) is 20.2 Å². The van der Waals surface area contributed by atoms with Gasteiger partial charge in [-0.05, 0) is 31.5 Å². The van der Waals surface area contributed by atoms with Crippen LogP contribution in [0.4, 0.5) is 4.39 Å². The van der Waals surface area contributed by atoms with Gasteiger partial charge in [0.15, 0.2) is 11.6 Å². The first kappa shape index (κ1) is 13.5. The summed E-state index contributed by atoms with van der Waals surface area (Å²) in [5.74, 6) is -0.221. The number of likely N-dealkylation sites (N-methyl/N-ethyl adjacent to an activating group) is 1. The average Bonchev–Trinajstić information content (AvgIpc) is 2.31. The first-order valence-electron chi connectivity index (χ1n) is 5.72. The Labute approximate surface area is 101 Å². The van der Waals surface area contributed by atoms with E-state index in [0.29, 0.717) is 18.7 Å². The third-order valence-corrected chi connectivity index (χ3v) is 2.69. The minimum atomic E-state index is -0.433. The van der Waals surface area contributed by atoms with Gasteiger partial charge in [0, 0.05) is 13.1 Å². The third-order valence-electron chi connectivity index (χ3n) is 2.69. The van der Waals surface area contributed by atoms with E-state index in [-0.39, 0.29) is 18.1 Å². The highest BCUT2D eigenvalue weighted by Crippen LogP contribution is 2.18. The summed E-state index contributed by atoms with van der Waals surface area (Å²) in [4.78, 5) is 13.5. The van der Waals surface area contributed by atoms with E-state index in [0.717, 1.165) is 0 Å². The first-order valence-corrected chi connectivity index (χ1v) is 5.72. The lowest BCUT2D eigenvalue weighted by atomic mass is 10.1. The van der Waals surface area contributed by atoms with Crippen molar-refractivity contribution in [2.24, 2.45) is 0 Å². The smallest absolute Gasteiger partial charge is 0.226 e. The highest BCUT2D eigenvalue weighted by molar-refractivity contribution is 5.78. The van der Waals surface area contributed by atoms with Crippen molar-refractivity contribution in [1.82, 2.24) is 4.90 Å². The summed E-state index contributed by atoms with van der Waals surface area (Å²) >= 11 is 0. The Bertz CT molecular complexity index is 389. The van der Waals surface area contributed by atoms with Crippen LogP contribution in [-0.4, -0.2) is 31.0 Å². The number of hydrogen-bond acceptors (Lipinski definition) is 2. The van der Waals surface area contributed by atoms with Gasteiger partial charge in [-0.3, -0.25) is 4.79 Å². The Hall–Kier alpha value is -1.58. The molecule has 0 fully saturated rings. The Balaban J connectivity index is 2.75. The lowest BCUT2D eigenvalue weighted by molar-refractivity contribution is -0.130. The third kappa shape index (κ3) is 3.44. The largest absolute Gasteiger partial charge is 0.494 e. The van der Waals surface area contributed by atoms with E-state index in [9.17, 15) is 9.18 Å². The molecule has 0 saturated carbocycles. The molecule has 94 valence electrons. The van der Waals surface area contributed by atoms with Gasteiger partial charge in [0.25, 0.3) is 0 Å². The van der Waals surface area contributed by atoms with Crippen LogP contribution in [0.3, 0.4) is 0 Å². The molecular formula is C13H18FNO2. The average molecular weight is 239 g/mol. The molecule has 3 nitrogen and oxygen atoms in total. The number of ether oxygens (including phenoxy) is 1. The molecule has 0 saturated heterocycles. The van der Waals surface area contributed by atoms with Crippen molar-refractivity contribution in [2.45, 2.75) is 20.3 Å². The van der Waals surface area contributed by atoms with Crippen molar-refractivity contribution in [3.63, 3.8) is 0 Å². The van der Waals surface area contributed by atoms with Gasteiger partial charge in [0.2, 0.25) is 5.91 Å². The molecule has 0 spiro atoms. The van der Waals surface area contributed by atoms with Crippen molar-refractivity contribution in [3.8, 4) is 5.75 Å². The maximum Gasteiger partial charge on any atom is 0.226 e. The van der Waals surface area contributed by atoms with Gasteiger partial charge < -0.3 is 9.64 Å². The molecule has 0 aliphatic rings. The number of halogens is 1. The molecular weight excluding hydrogens is 221 g/mol. The summed E-state index contributed by atoms with van der Waals surface area (Å²) in [6, 6.07) is 4.60. The summed E-state index contributed by atoms with van der Waals surface area (Å²) in [6.07, 6.45) is 0.225. The fraction of sp³-hybridized carbons (Fsp3) is 0.462. The van der Waals surface area contributed by atoms with Crippen LogP contribution in [0.5, 0.6) is 5.75 Å². The Morgan fingerprint density at radius 2 is 2.00 bits per heavy atom. The summed E-state index contributed by atoms with van der Waals surface area (Å²) in [5.41, 5.74) is 0.667. The van der Waals surface area contributed by atoms with Crippen molar-refractivity contribution >= 4 is 5.91 Å². The number of benzene rings is 1. The summed E-state index contributed by atoms with van der Waals surface area (Å²) < 4.78 is 18.2. The lowest BCUT2D eigenvalue weighted by Crippen LogP contribution is -2.31. The maximum absolute atomic E-state index is 13.4. The van der Waals surface area contributed by atoms with Gasteiger partial charge in [0.05, 0.1) is 13.5 Å². The van der Waals surface area contributed by atoms with Crippen molar-refractivity contribution < 1.29 is 13.9 Å². The minimum absolute atomic E-state index is 0.0135. The number of carbonyl (C=O) groups excluding carboxylic acids is 1. The fourth-order valence-corrected chi connectivity index (χ4v) is 1.68. The van der Waals surface area contributed by atoms with Gasteiger partial charge in [-0.2, -0.15) is 0 Å². The second kappa shape index (κ2) is 6.23. The molecule has 1 amide bonds. The van der Waals surface area contributed by atoms with Crippen LogP contribution in [0.15, 0.2) is 18.2 Å². The second-order valence-corrected chi connectivity index (χ2v) is 3.71. The zero-order chi connectivity index (χ0) is 12.8. The van der Waals surface area contributed by atoms with E-state index < -0.39 is 5.82 Å². The number of rotatable bonds is 5. The van der Waals surface area contributed by atoms with Crippen LogP contribution in [0.25, 0.3) is 0 Å². The maximum atomic E-state index is 13.4. The van der Waals surface area contributed by atoms with Crippen LogP contribution < -0.4 is 4.74 Å². The number of amides is 1. The highest BCUT2D eigenvalue weighted by atomic mass is 19.1. The predicted octanol–water partition coefficient (Wildman–Crippen LogP) is 2.25. The molecule has 1 aromatic rings. The molecule has 0 aliphatic carbocycles. The molecule has 0 aliphatic heterocycles. The molecule has 0 unspecified atom stereocenters. The van der Waals surface area contributed by atoms with Gasteiger partial charge in [-0.25, -0.2) is 4.39 Å². The summed E-state index contributed by atoms with van der Waals surface area (Å²) in [7, 11) is 1.42. The SMILES string of the molecule is CCN(CC)C(=O)Cc1ccc(OC)c(F)c1. The summed E-state index contributed by atoms with van der Waals surface area (Å²) in [5, 5.41) is 0. The van der Waals surface area contributed by atoms with E-state index >= 15 is 0 Å². The standard InChI is InChI=1S/C13H18FNO2/c1-4-15(5-2)13(16)9-10-6-7-12(17-3)11(14)8-10/h6-8H,4-5,9H2,1-3H3. The second-order valence-electron chi connectivity index (χ2n) is 3.71. The van der Waals surface area contributed by atoms with E-state index in [2.05, 4.69) is 0 Å². The van der Waals surface area contributed by atoms with Crippen LogP contribution >= 0.6 is 0 Å². The quantitative estimate of drug-likeness (QED) is 0.788. The normalized spacial score (nSPS) is 10.1. The molecule has 0 radical (unpaired) electrons. The van der Waals surface area contributed by atoms with E-state index in [1.807, 2.05) is 13.8 Å². The zero-order valence-electron chi connectivity index (χ0n) is 10.5. The van der Waals surface area contributed by atoms with Gasteiger partial charge in [-0.1, -0.05) is 6.07 Å². The van der Waals surface area contributed by atoms with Gasteiger partial charge >= 0.3 is 0 Å². The van der Waals surface area contributed by atoms with Gasteiger partial charge in [-0.15, -0.1) is 0 Å². The zero-order valence-corrected chi connectivity index (χ0v) is 10.5. The molecule has 1 rings (SSSR count). The molecule has 0 heterocycles. The van der Waals surface area contributed by atoms with E-state index in [1.165, 1.54) is 13.2 Å². The minimum Gasteiger partial charge on any atom is -0.494 e. The molecule has 1 aromatic carbocycles. The number of hydrogen-bond donors (Lipinski definition) is 0. The topological polar surface area (TPSA) is 29.5 Å². The van der Waals surface area contributed by atoms with E-state index in [4.69, 9.17) is 4.74 Å². The van der Waals surface area contributed by atoms with E-state index in [1.54, 1.807) is 17.0 Å². The Morgan fingerprint density at radius 3 is 2.47 bits per heavy atom. The molecule has 0 atom stereocenters. The predicted molar refractivity (Wildman–Crippen MR) is 64.6 cm³/mol. The molecule has 0 aromatic heterocycles. The monoisotopic (exact) mass is 239 g/mol. The number of carbonyl (C=O) groups is 1. The Morgan fingerprint density at radius 1 is 1.35 bits per heavy atom. The fourth-order valence-electron chi connectivity index (χ4n) is 1.68. The van der Waals surface area contributed by atoms with Crippen LogP contribution in [0.2, 0.25) is 0 Å². The van der Waals surface area contributed by atoms with Crippen LogP contribution in [0.1, 0.15) is 19.4 Å². The van der Waals surface area contributed by atoms with Gasteiger partial charge in [0.1, 0.15) is 0 Å². The molecule has 0 N–H and O–H groups in total. The molecule has 17 heavy (non-hydrogen) atoms. The number of methoxy groups -OCH3 is 1. The first-order chi connectivity index (χ1) is 8.12. The molecule has 0 bridgehead atoms. The summed E-state index contributed by atoms with van der Waals surface area (Å²) in [6.45, 7) is 5.20. The van der Waals surface area contributed by atoms with Crippen LogP contribution in [0, 0.1) is 5.82 Å². The Kier molecular flexibility index (Phi) is 4.94. The number of nitrogens with zero attached hydrogens (tertiary/aromatic N) is 1. The van der Waals surface area contributed by atoms with Crippen LogP contribution in [-0.2, 0) is 11.2 Å². The highest BCUT2D eigenvalue weighted by Gasteiger charge is 2.11. The lowest BCUT2D eigenvalue weighted by Gasteiger charge is -2.18. The molecule has 4 heteroatoms. The van der Waals surface area contributed by atoms with Crippen molar-refractivity contribution in [1.29, 1.82) is 0 Å². The van der Waals surface area contributed by atoms with Crippen molar-refractivity contribution in [3.05, 3.63) is 29.6 Å².